The van der Waals surface area contributed by atoms with Crippen molar-refractivity contribution in [1.82, 2.24) is 5.43 Å². The first-order chi connectivity index (χ1) is 10.1. The zero-order valence-corrected chi connectivity index (χ0v) is 12.3. The van der Waals surface area contributed by atoms with Crippen LogP contribution in [0.25, 0.3) is 0 Å². The number of rotatable bonds is 5. The third-order valence-corrected chi connectivity index (χ3v) is 3.07. The lowest BCUT2D eigenvalue weighted by molar-refractivity contribution is -0.127. The molecule has 0 bridgehead atoms. The van der Waals surface area contributed by atoms with Crippen LogP contribution in [0.3, 0.4) is 0 Å². The van der Waals surface area contributed by atoms with Gasteiger partial charge in [0.2, 0.25) is 0 Å². The van der Waals surface area contributed by atoms with Crippen molar-refractivity contribution >= 4 is 12.1 Å². The van der Waals surface area contributed by atoms with Crippen LogP contribution in [-0.4, -0.2) is 18.2 Å². The van der Waals surface area contributed by atoms with Gasteiger partial charge in [-0.25, -0.2) is 5.43 Å². The molecule has 0 aliphatic rings. The van der Waals surface area contributed by atoms with E-state index in [4.69, 9.17) is 9.15 Å². The summed E-state index contributed by atoms with van der Waals surface area (Å²) in [5, 5.41) is 3.81. The van der Waals surface area contributed by atoms with Crippen LogP contribution in [0.15, 0.2) is 46.1 Å². The number of aryl methyl sites for hydroxylation is 2. The van der Waals surface area contributed by atoms with Crippen molar-refractivity contribution in [3.05, 3.63) is 53.5 Å². The Morgan fingerprint density at radius 2 is 2.14 bits per heavy atom. The molecule has 1 heterocycles. The number of carbonyl (C=O) groups is 1. The molecular formula is C16H18N2O3. The van der Waals surface area contributed by atoms with Crippen molar-refractivity contribution in [2.24, 2.45) is 5.10 Å². The smallest absolute Gasteiger partial charge is 0.280 e. The standard InChI is InChI=1S/C16H18N2O3/c1-11-6-7-14(9-12(11)2)21-13(3)16(19)18-17-10-15-5-4-8-20-15/h4-10,13H,1-3H3,(H,18,19)/b17-10+. The summed E-state index contributed by atoms with van der Waals surface area (Å²) in [6.45, 7) is 5.70. The van der Waals surface area contributed by atoms with Gasteiger partial charge in [-0.3, -0.25) is 4.79 Å². The summed E-state index contributed by atoms with van der Waals surface area (Å²) in [6, 6.07) is 9.20. The van der Waals surface area contributed by atoms with Gasteiger partial charge in [0.05, 0.1) is 12.5 Å². The second kappa shape index (κ2) is 6.74. The number of benzene rings is 1. The number of nitrogens with one attached hydrogen (secondary N) is 1. The Hall–Kier alpha value is -2.56. The van der Waals surface area contributed by atoms with Crippen molar-refractivity contribution < 1.29 is 13.9 Å². The molecule has 0 radical (unpaired) electrons. The number of hydrazone groups is 1. The van der Waals surface area contributed by atoms with Gasteiger partial charge in [0.1, 0.15) is 11.5 Å². The number of nitrogens with zero attached hydrogens (tertiary/aromatic N) is 1. The van der Waals surface area contributed by atoms with Gasteiger partial charge in [-0.1, -0.05) is 6.07 Å². The predicted octanol–water partition coefficient (Wildman–Crippen LogP) is 2.81. The maximum Gasteiger partial charge on any atom is 0.280 e. The van der Waals surface area contributed by atoms with Gasteiger partial charge < -0.3 is 9.15 Å². The molecule has 110 valence electrons. The summed E-state index contributed by atoms with van der Waals surface area (Å²) in [5.41, 5.74) is 4.72. The fourth-order valence-corrected chi connectivity index (χ4v) is 1.66. The Balaban J connectivity index is 1.88. The summed E-state index contributed by atoms with van der Waals surface area (Å²) in [4.78, 5) is 11.8. The van der Waals surface area contributed by atoms with Crippen molar-refractivity contribution in [3.8, 4) is 5.75 Å². The minimum absolute atomic E-state index is 0.323. The minimum Gasteiger partial charge on any atom is -0.481 e. The summed E-state index contributed by atoms with van der Waals surface area (Å²) in [5.74, 6) is 0.907. The molecule has 1 aromatic heterocycles. The third-order valence-electron chi connectivity index (χ3n) is 3.07. The van der Waals surface area contributed by atoms with E-state index in [1.54, 1.807) is 19.1 Å². The number of hydrogen-bond acceptors (Lipinski definition) is 4. The lowest BCUT2D eigenvalue weighted by atomic mass is 10.1. The quantitative estimate of drug-likeness (QED) is 0.679. The molecule has 0 saturated heterocycles. The third kappa shape index (κ3) is 4.21. The zero-order valence-electron chi connectivity index (χ0n) is 12.3. The monoisotopic (exact) mass is 286 g/mol. The van der Waals surface area contributed by atoms with Gasteiger partial charge in [0.15, 0.2) is 6.10 Å². The van der Waals surface area contributed by atoms with Crippen LogP contribution in [0, 0.1) is 13.8 Å². The van der Waals surface area contributed by atoms with Crippen molar-refractivity contribution in [2.75, 3.05) is 0 Å². The SMILES string of the molecule is Cc1ccc(OC(C)C(=O)N/N=C/c2ccco2)cc1C. The normalized spacial score (nSPS) is 12.3. The Morgan fingerprint density at radius 3 is 2.81 bits per heavy atom. The van der Waals surface area contributed by atoms with Crippen LogP contribution in [0.1, 0.15) is 23.8 Å². The molecule has 0 spiro atoms. The van der Waals surface area contributed by atoms with E-state index in [9.17, 15) is 4.79 Å². The van der Waals surface area contributed by atoms with Gasteiger partial charge in [0, 0.05) is 0 Å². The molecule has 21 heavy (non-hydrogen) atoms. The fourth-order valence-electron chi connectivity index (χ4n) is 1.66. The molecule has 5 nitrogen and oxygen atoms in total. The average molecular weight is 286 g/mol. The average Bonchev–Trinajstić information content (AvgIpc) is 2.96. The van der Waals surface area contributed by atoms with Crippen molar-refractivity contribution in [3.63, 3.8) is 0 Å². The highest BCUT2D eigenvalue weighted by Crippen LogP contribution is 2.17. The first-order valence-electron chi connectivity index (χ1n) is 6.66. The minimum atomic E-state index is -0.638. The molecular weight excluding hydrogens is 268 g/mol. The molecule has 0 aliphatic heterocycles. The maximum absolute atomic E-state index is 11.8. The van der Waals surface area contributed by atoms with E-state index in [1.807, 2.05) is 32.0 Å². The van der Waals surface area contributed by atoms with Gasteiger partial charge in [-0.2, -0.15) is 5.10 Å². The Morgan fingerprint density at radius 1 is 1.33 bits per heavy atom. The van der Waals surface area contributed by atoms with Gasteiger partial charge in [0.25, 0.3) is 5.91 Å². The van der Waals surface area contributed by atoms with Crippen LogP contribution < -0.4 is 10.2 Å². The number of furan rings is 1. The molecule has 0 aliphatic carbocycles. The summed E-state index contributed by atoms with van der Waals surface area (Å²) >= 11 is 0. The highest BCUT2D eigenvalue weighted by atomic mass is 16.5. The highest BCUT2D eigenvalue weighted by molar-refractivity contribution is 5.83. The fraction of sp³-hybridized carbons (Fsp3) is 0.250. The Kier molecular flexibility index (Phi) is 4.77. The van der Waals surface area contributed by atoms with E-state index in [2.05, 4.69) is 10.5 Å². The molecule has 1 aromatic carbocycles. The number of hydrogen-bond donors (Lipinski definition) is 1. The van der Waals surface area contributed by atoms with Crippen LogP contribution in [0.5, 0.6) is 5.75 Å². The number of ether oxygens (including phenoxy) is 1. The second-order valence-electron chi connectivity index (χ2n) is 4.76. The highest BCUT2D eigenvalue weighted by Gasteiger charge is 2.14. The molecule has 2 rings (SSSR count). The molecule has 1 atom stereocenters. The Bertz CT molecular complexity index is 633. The molecule has 0 saturated carbocycles. The zero-order chi connectivity index (χ0) is 15.2. The first kappa shape index (κ1) is 14.8. The molecule has 5 heteroatoms. The van der Waals surface area contributed by atoms with Crippen LogP contribution in [0.2, 0.25) is 0 Å². The van der Waals surface area contributed by atoms with Gasteiger partial charge in [-0.05, 0) is 56.2 Å². The second-order valence-corrected chi connectivity index (χ2v) is 4.76. The summed E-state index contributed by atoms with van der Waals surface area (Å²) < 4.78 is 10.7. The van der Waals surface area contributed by atoms with E-state index in [-0.39, 0.29) is 5.91 Å². The molecule has 1 unspecified atom stereocenters. The van der Waals surface area contributed by atoms with E-state index >= 15 is 0 Å². The molecule has 0 fully saturated rings. The lowest BCUT2D eigenvalue weighted by Gasteiger charge is -2.13. The summed E-state index contributed by atoms with van der Waals surface area (Å²) in [7, 11) is 0. The van der Waals surface area contributed by atoms with Crippen molar-refractivity contribution in [2.45, 2.75) is 26.9 Å². The molecule has 1 amide bonds. The van der Waals surface area contributed by atoms with Gasteiger partial charge in [-0.15, -0.1) is 0 Å². The number of amides is 1. The molecule has 1 N–H and O–H groups in total. The van der Waals surface area contributed by atoms with Crippen molar-refractivity contribution in [1.29, 1.82) is 0 Å². The van der Waals surface area contributed by atoms with Crippen LogP contribution in [0.4, 0.5) is 0 Å². The topological polar surface area (TPSA) is 63.8 Å². The van der Waals surface area contributed by atoms with Crippen LogP contribution in [-0.2, 0) is 4.79 Å². The summed E-state index contributed by atoms with van der Waals surface area (Å²) in [6.07, 6.45) is 2.33. The van der Waals surface area contributed by atoms with E-state index < -0.39 is 6.10 Å². The predicted molar refractivity (Wildman–Crippen MR) is 80.5 cm³/mol. The lowest BCUT2D eigenvalue weighted by Crippen LogP contribution is -2.33. The molecule has 2 aromatic rings. The Labute approximate surface area is 123 Å². The maximum atomic E-state index is 11.8. The van der Waals surface area contributed by atoms with Crippen LogP contribution >= 0.6 is 0 Å². The van der Waals surface area contributed by atoms with E-state index in [0.29, 0.717) is 11.5 Å². The largest absolute Gasteiger partial charge is 0.481 e. The van der Waals surface area contributed by atoms with Gasteiger partial charge >= 0.3 is 0 Å². The van der Waals surface area contributed by atoms with E-state index in [1.165, 1.54) is 18.0 Å². The first-order valence-corrected chi connectivity index (χ1v) is 6.66. The van der Waals surface area contributed by atoms with E-state index in [0.717, 1.165) is 5.56 Å². The number of carbonyl (C=O) groups excluding carboxylic acids is 1.